The molecule has 14 heavy (non-hydrogen) atoms. The van der Waals surface area contributed by atoms with E-state index < -0.39 is 5.97 Å². The zero-order chi connectivity index (χ0) is 10.1. The number of nitrogens with one attached hydrogen (secondary N) is 1. The fourth-order valence-corrected chi connectivity index (χ4v) is 1.62. The SMILES string of the molecule is O=C(O)C1CNC1c1ccc(O)cc1. The summed E-state index contributed by atoms with van der Waals surface area (Å²) in [5.74, 6) is -0.929. The van der Waals surface area contributed by atoms with E-state index in [-0.39, 0.29) is 17.7 Å². The normalized spacial score (nSPS) is 25.4. The third-order valence-corrected chi connectivity index (χ3v) is 2.53. The molecule has 0 saturated carbocycles. The van der Waals surface area contributed by atoms with Crippen LogP contribution in [0.1, 0.15) is 11.6 Å². The zero-order valence-electron chi connectivity index (χ0n) is 7.47. The van der Waals surface area contributed by atoms with Gasteiger partial charge in [0.2, 0.25) is 0 Å². The van der Waals surface area contributed by atoms with Gasteiger partial charge in [0.1, 0.15) is 5.75 Å². The second-order valence-corrected chi connectivity index (χ2v) is 3.42. The second-order valence-electron chi connectivity index (χ2n) is 3.42. The van der Waals surface area contributed by atoms with E-state index in [0.717, 1.165) is 5.56 Å². The Hall–Kier alpha value is -1.55. The van der Waals surface area contributed by atoms with Crippen LogP contribution in [0.5, 0.6) is 5.75 Å². The summed E-state index contributed by atoms with van der Waals surface area (Å²) < 4.78 is 0. The van der Waals surface area contributed by atoms with Gasteiger partial charge in [-0.3, -0.25) is 4.79 Å². The first-order valence-corrected chi connectivity index (χ1v) is 4.43. The summed E-state index contributed by atoms with van der Waals surface area (Å²) in [5, 5.41) is 20.9. The van der Waals surface area contributed by atoms with Gasteiger partial charge in [-0.05, 0) is 17.7 Å². The van der Waals surface area contributed by atoms with E-state index in [1.165, 1.54) is 0 Å². The summed E-state index contributed by atoms with van der Waals surface area (Å²) in [6, 6.07) is 6.49. The van der Waals surface area contributed by atoms with E-state index in [0.29, 0.717) is 6.54 Å². The van der Waals surface area contributed by atoms with Gasteiger partial charge >= 0.3 is 5.97 Å². The van der Waals surface area contributed by atoms with E-state index in [1.807, 2.05) is 0 Å². The summed E-state index contributed by atoms with van der Waals surface area (Å²) in [5.41, 5.74) is 0.904. The summed E-state index contributed by atoms with van der Waals surface area (Å²) in [4.78, 5) is 10.7. The molecule has 0 spiro atoms. The van der Waals surface area contributed by atoms with Crippen LogP contribution in [0.4, 0.5) is 0 Å². The molecule has 1 aromatic rings. The molecular formula is C10H11NO3. The number of hydrogen-bond acceptors (Lipinski definition) is 3. The molecule has 74 valence electrons. The Morgan fingerprint density at radius 2 is 2.00 bits per heavy atom. The average molecular weight is 193 g/mol. The summed E-state index contributed by atoms with van der Waals surface area (Å²) in [6.45, 7) is 0.515. The van der Waals surface area contributed by atoms with Crippen LogP contribution in [0, 0.1) is 5.92 Å². The zero-order valence-corrected chi connectivity index (χ0v) is 7.47. The van der Waals surface area contributed by atoms with E-state index in [2.05, 4.69) is 5.32 Å². The average Bonchev–Trinajstić information content (AvgIpc) is 2.05. The highest BCUT2D eigenvalue weighted by Gasteiger charge is 2.36. The van der Waals surface area contributed by atoms with Crippen molar-refractivity contribution >= 4 is 5.97 Å². The number of rotatable bonds is 2. The third kappa shape index (κ3) is 1.44. The van der Waals surface area contributed by atoms with E-state index in [1.54, 1.807) is 24.3 Å². The first-order chi connectivity index (χ1) is 6.68. The number of phenols is 1. The number of aromatic hydroxyl groups is 1. The van der Waals surface area contributed by atoms with Crippen molar-refractivity contribution in [1.82, 2.24) is 5.32 Å². The number of benzene rings is 1. The highest BCUT2D eigenvalue weighted by molar-refractivity contribution is 5.73. The molecule has 0 bridgehead atoms. The van der Waals surface area contributed by atoms with Crippen LogP contribution in [-0.2, 0) is 4.79 Å². The molecule has 0 amide bonds. The van der Waals surface area contributed by atoms with Gasteiger partial charge in [0, 0.05) is 12.6 Å². The maximum atomic E-state index is 10.7. The Morgan fingerprint density at radius 1 is 1.36 bits per heavy atom. The van der Waals surface area contributed by atoms with Crippen LogP contribution in [0.15, 0.2) is 24.3 Å². The second kappa shape index (κ2) is 3.31. The molecule has 1 aliphatic heterocycles. The fraction of sp³-hybridized carbons (Fsp3) is 0.300. The molecular weight excluding hydrogens is 182 g/mol. The Balaban J connectivity index is 2.16. The molecule has 1 aliphatic rings. The van der Waals surface area contributed by atoms with Crippen LogP contribution in [0.2, 0.25) is 0 Å². The molecule has 1 saturated heterocycles. The molecule has 0 radical (unpaired) electrons. The highest BCUT2D eigenvalue weighted by Crippen LogP contribution is 2.30. The molecule has 4 heteroatoms. The minimum Gasteiger partial charge on any atom is -0.508 e. The topological polar surface area (TPSA) is 69.6 Å². The molecule has 2 unspecified atom stereocenters. The number of hydrogen-bond donors (Lipinski definition) is 3. The van der Waals surface area contributed by atoms with Crippen molar-refractivity contribution < 1.29 is 15.0 Å². The molecule has 0 aliphatic carbocycles. The standard InChI is InChI=1S/C10H11NO3/c12-7-3-1-6(2-4-7)9-8(5-11-9)10(13)14/h1-4,8-9,11-12H,5H2,(H,13,14). The first kappa shape index (κ1) is 9.02. The predicted molar refractivity (Wildman–Crippen MR) is 50.0 cm³/mol. The van der Waals surface area contributed by atoms with Gasteiger partial charge < -0.3 is 15.5 Å². The molecule has 3 N–H and O–H groups in total. The van der Waals surface area contributed by atoms with Gasteiger partial charge in [0.05, 0.1) is 5.92 Å². The number of carbonyl (C=O) groups is 1. The van der Waals surface area contributed by atoms with Gasteiger partial charge in [0.15, 0.2) is 0 Å². The molecule has 1 aromatic carbocycles. The van der Waals surface area contributed by atoms with Gasteiger partial charge in [-0.2, -0.15) is 0 Å². The summed E-state index contributed by atoms with van der Waals surface area (Å²) in [6.07, 6.45) is 0. The molecule has 2 rings (SSSR count). The van der Waals surface area contributed by atoms with Crippen LogP contribution in [-0.4, -0.2) is 22.7 Å². The molecule has 0 aromatic heterocycles. The lowest BCUT2D eigenvalue weighted by atomic mass is 9.86. The molecule has 1 fully saturated rings. The number of carboxylic acid groups (broad SMARTS) is 1. The van der Waals surface area contributed by atoms with E-state index in [4.69, 9.17) is 10.2 Å². The number of carboxylic acids is 1. The highest BCUT2D eigenvalue weighted by atomic mass is 16.4. The maximum Gasteiger partial charge on any atom is 0.309 e. The fourth-order valence-electron chi connectivity index (χ4n) is 1.62. The molecule has 1 heterocycles. The van der Waals surface area contributed by atoms with Crippen molar-refractivity contribution in [1.29, 1.82) is 0 Å². The predicted octanol–water partition coefficient (Wildman–Crippen LogP) is 0.737. The van der Waals surface area contributed by atoms with Gasteiger partial charge in [-0.25, -0.2) is 0 Å². The summed E-state index contributed by atoms with van der Waals surface area (Å²) >= 11 is 0. The minimum atomic E-state index is -0.776. The lowest BCUT2D eigenvalue weighted by Gasteiger charge is -2.35. The van der Waals surface area contributed by atoms with Gasteiger partial charge in [-0.15, -0.1) is 0 Å². The quantitative estimate of drug-likeness (QED) is 0.647. The van der Waals surface area contributed by atoms with Crippen molar-refractivity contribution in [3.8, 4) is 5.75 Å². The van der Waals surface area contributed by atoms with Crippen LogP contribution >= 0.6 is 0 Å². The molecule has 2 atom stereocenters. The van der Waals surface area contributed by atoms with Gasteiger partial charge in [0.25, 0.3) is 0 Å². The van der Waals surface area contributed by atoms with E-state index >= 15 is 0 Å². The largest absolute Gasteiger partial charge is 0.508 e. The Bertz CT molecular complexity index is 347. The van der Waals surface area contributed by atoms with Crippen molar-refractivity contribution in [2.24, 2.45) is 5.92 Å². The van der Waals surface area contributed by atoms with Crippen molar-refractivity contribution in [2.75, 3.05) is 6.54 Å². The van der Waals surface area contributed by atoms with E-state index in [9.17, 15) is 4.79 Å². The smallest absolute Gasteiger partial charge is 0.309 e. The van der Waals surface area contributed by atoms with Crippen LogP contribution in [0.25, 0.3) is 0 Å². The molecule has 4 nitrogen and oxygen atoms in total. The first-order valence-electron chi connectivity index (χ1n) is 4.43. The van der Waals surface area contributed by atoms with Crippen LogP contribution in [0.3, 0.4) is 0 Å². The maximum absolute atomic E-state index is 10.7. The Labute approximate surface area is 81.2 Å². The number of aliphatic carboxylic acids is 1. The third-order valence-electron chi connectivity index (χ3n) is 2.53. The van der Waals surface area contributed by atoms with Crippen molar-refractivity contribution in [2.45, 2.75) is 6.04 Å². The van der Waals surface area contributed by atoms with Crippen molar-refractivity contribution in [3.05, 3.63) is 29.8 Å². The van der Waals surface area contributed by atoms with Crippen molar-refractivity contribution in [3.63, 3.8) is 0 Å². The van der Waals surface area contributed by atoms with Crippen LogP contribution < -0.4 is 5.32 Å². The Morgan fingerprint density at radius 3 is 2.43 bits per heavy atom. The summed E-state index contributed by atoms with van der Waals surface area (Å²) in [7, 11) is 0. The lowest BCUT2D eigenvalue weighted by Crippen LogP contribution is -2.49. The lowest BCUT2D eigenvalue weighted by molar-refractivity contribution is -0.145. The number of phenolic OH excluding ortho intramolecular Hbond substituents is 1. The minimum absolute atomic E-state index is 0.118. The van der Waals surface area contributed by atoms with Gasteiger partial charge in [-0.1, -0.05) is 12.1 Å². The monoisotopic (exact) mass is 193 g/mol. The Kier molecular flexibility index (Phi) is 2.13.